The average Bonchev–Trinajstić information content (AvgIpc) is 2.47. The molecule has 1 fully saturated rings. The van der Waals surface area contributed by atoms with Crippen molar-refractivity contribution in [2.24, 2.45) is 5.41 Å². The van der Waals surface area contributed by atoms with Gasteiger partial charge in [0.05, 0.1) is 5.60 Å². The second-order valence-electron chi connectivity index (χ2n) is 7.58. The average molecular weight is 318 g/mol. The molecule has 1 aliphatic carbocycles. The predicted molar refractivity (Wildman–Crippen MR) is 89.4 cm³/mol. The van der Waals surface area contributed by atoms with E-state index in [1.807, 2.05) is 0 Å². The van der Waals surface area contributed by atoms with Crippen LogP contribution in [0.3, 0.4) is 0 Å². The van der Waals surface area contributed by atoms with Crippen molar-refractivity contribution in [3.05, 3.63) is 35.4 Å². The van der Waals surface area contributed by atoms with Gasteiger partial charge in [-0.25, -0.2) is 0 Å². The van der Waals surface area contributed by atoms with E-state index >= 15 is 0 Å². The van der Waals surface area contributed by atoms with Gasteiger partial charge in [-0.05, 0) is 48.9 Å². The number of aliphatic hydroxyl groups is 1. The molecular formula is C18H26N2O3. The van der Waals surface area contributed by atoms with Crippen LogP contribution in [0, 0.1) is 5.41 Å². The van der Waals surface area contributed by atoms with Gasteiger partial charge >= 0.3 is 0 Å². The van der Waals surface area contributed by atoms with Gasteiger partial charge in [-0.1, -0.05) is 20.8 Å². The van der Waals surface area contributed by atoms with Gasteiger partial charge in [0.2, 0.25) is 0 Å². The Bertz CT molecular complexity index is 569. The number of hydrogen-bond acceptors (Lipinski definition) is 3. The van der Waals surface area contributed by atoms with Crippen LogP contribution in [0.15, 0.2) is 24.3 Å². The van der Waals surface area contributed by atoms with Crippen molar-refractivity contribution in [2.75, 3.05) is 13.1 Å². The number of hydrogen-bond donors (Lipinski definition) is 3. The summed E-state index contributed by atoms with van der Waals surface area (Å²) in [5, 5.41) is 15.6. The van der Waals surface area contributed by atoms with Crippen LogP contribution in [-0.4, -0.2) is 35.6 Å². The van der Waals surface area contributed by atoms with E-state index in [1.165, 1.54) is 0 Å². The van der Waals surface area contributed by atoms with Gasteiger partial charge < -0.3 is 15.7 Å². The van der Waals surface area contributed by atoms with Gasteiger partial charge in [0.15, 0.2) is 0 Å². The quantitative estimate of drug-likeness (QED) is 0.778. The number of rotatable bonds is 5. The Hall–Kier alpha value is -1.88. The molecular weight excluding hydrogens is 292 g/mol. The van der Waals surface area contributed by atoms with Crippen LogP contribution in [0.5, 0.6) is 0 Å². The van der Waals surface area contributed by atoms with E-state index in [-0.39, 0.29) is 23.8 Å². The highest BCUT2D eigenvalue weighted by Crippen LogP contribution is 2.30. The molecule has 3 N–H and O–H groups in total. The maximum atomic E-state index is 12.0. The molecule has 0 aromatic heterocycles. The summed E-state index contributed by atoms with van der Waals surface area (Å²) < 4.78 is 0. The molecule has 1 aromatic rings. The standard InChI is InChI=1S/C18H26N2O3/c1-17(2,3)11-19-15(21)13-5-7-14(8-6-13)16(22)20-12-18(23)9-4-10-18/h5-8,23H,4,9-12H2,1-3H3,(H,19,21)(H,20,22). The third-order valence-corrected chi connectivity index (χ3v) is 4.05. The molecule has 0 unspecified atom stereocenters. The summed E-state index contributed by atoms with van der Waals surface area (Å²) in [4.78, 5) is 24.1. The number of carbonyl (C=O) groups is 2. The van der Waals surface area contributed by atoms with Crippen LogP contribution in [0.2, 0.25) is 0 Å². The topological polar surface area (TPSA) is 78.4 Å². The minimum Gasteiger partial charge on any atom is -0.388 e. The number of nitrogens with one attached hydrogen (secondary N) is 2. The molecule has 0 saturated heterocycles. The van der Waals surface area contributed by atoms with E-state index in [4.69, 9.17) is 0 Å². The van der Waals surface area contributed by atoms with E-state index in [0.29, 0.717) is 17.7 Å². The Kier molecular flexibility index (Phi) is 5.09. The van der Waals surface area contributed by atoms with Crippen LogP contribution in [-0.2, 0) is 0 Å². The maximum Gasteiger partial charge on any atom is 0.251 e. The van der Waals surface area contributed by atoms with Gasteiger partial charge in [-0.3, -0.25) is 9.59 Å². The van der Waals surface area contributed by atoms with Gasteiger partial charge in [0.1, 0.15) is 0 Å². The molecule has 1 aliphatic rings. The van der Waals surface area contributed by atoms with Gasteiger partial charge in [-0.2, -0.15) is 0 Å². The first-order valence-corrected chi connectivity index (χ1v) is 8.07. The highest BCUT2D eigenvalue weighted by molar-refractivity contribution is 5.97. The van der Waals surface area contributed by atoms with Gasteiger partial charge in [0.25, 0.3) is 11.8 Å². The van der Waals surface area contributed by atoms with E-state index in [0.717, 1.165) is 19.3 Å². The fourth-order valence-corrected chi connectivity index (χ4v) is 2.33. The third-order valence-electron chi connectivity index (χ3n) is 4.05. The molecule has 5 heteroatoms. The third kappa shape index (κ3) is 5.06. The fraction of sp³-hybridized carbons (Fsp3) is 0.556. The Morgan fingerprint density at radius 2 is 1.52 bits per heavy atom. The van der Waals surface area contributed by atoms with E-state index in [9.17, 15) is 14.7 Å². The smallest absolute Gasteiger partial charge is 0.251 e. The number of benzene rings is 1. The van der Waals surface area contributed by atoms with Crippen LogP contribution >= 0.6 is 0 Å². The molecule has 23 heavy (non-hydrogen) atoms. The number of amides is 2. The summed E-state index contributed by atoms with van der Waals surface area (Å²) in [6.45, 7) is 7.02. The van der Waals surface area contributed by atoms with Crippen molar-refractivity contribution >= 4 is 11.8 Å². The molecule has 0 heterocycles. The summed E-state index contributed by atoms with van der Waals surface area (Å²) >= 11 is 0. The van der Waals surface area contributed by atoms with E-state index in [2.05, 4.69) is 31.4 Å². The minimum absolute atomic E-state index is 0.0251. The Balaban J connectivity index is 1.88. The molecule has 0 aliphatic heterocycles. The molecule has 0 radical (unpaired) electrons. The molecule has 2 rings (SSSR count). The normalized spacial score (nSPS) is 16.3. The SMILES string of the molecule is CC(C)(C)CNC(=O)c1ccc(C(=O)NCC2(O)CCC2)cc1. The zero-order valence-corrected chi connectivity index (χ0v) is 14.1. The van der Waals surface area contributed by atoms with Gasteiger partial charge in [0, 0.05) is 24.2 Å². The zero-order chi connectivity index (χ0) is 17.1. The highest BCUT2D eigenvalue weighted by atomic mass is 16.3. The summed E-state index contributed by atoms with van der Waals surface area (Å²) in [6, 6.07) is 6.55. The first-order valence-electron chi connectivity index (χ1n) is 8.07. The summed E-state index contributed by atoms with van der Waals surface area (Å²) in [5.74, 6) is -0.373. The first kappa shape index (κ1) is 17.5. The number of carbonyl (C=O) groups excluding carboxylic acids is 2. The van der Waals surface area contributed by atoms with Crippen molar-refractivity contribution in [2.45, 2.75) is 45.6 Å². The lowest BCUT2D eigenvalue weighted by Gasteiger charge is -2.36. The van der Waals surface area contributed by atoms with Crippen molar-refractivity contribution in [1.29, 1.82) is 0 Å². The monoisotopic (exact) mass is 318 g/mol. The highest BCUT2D eigenvalue weighted by Gasteiger charge is 2.34. The molecule has 1 aromatic carbocycles. The van der Waals surface area contributed by atoms with E-state index < -0.39 is 5.60 Å². The van der Waals surface area contributed by atoms with Crippen molar-refractivity contribution in [1.82, 2.24) is 10.6 Å². The lowest BCUT2D eigenvalue weighted by molar-refractivity contribution is -0.0300. The maximum absolute atomic E-state index is 12.0. The Labute approximate surface area is 137 Å². The second kappa shape index (κ2) is 6.71. The molecule has 2 amide bonds. The van der Waals surface area contributed by atoms with Crippen molar-refractivity contribution < 1.29 is 14.7 Å². The largest absolute Gasteiger partial charge is 0.388 e. The molecule has 5 nitrogen and oxygen atoms in total. The lowest BCUT2D eigenvalue weighted by atomic mass is 9.80. The fourth-order valence-electron chi connectivity index (χ4n) is 2.33. The molecule has 1 saturated carbocycles. The minimum atomic E-state index is -0.734. The Morgan fingerprint density at radius 3 is 1.91 bits per heavy atom. The molecule has 0 atom stereocenters. The first-order chi connectivity index (χ1) is 10.7. The molecule has 126 valence electrons. The van der Waals surface area contributed by atoms with Crippen molar-refractivity contribution in [3.63, 3.8) is 0 Å². The van der Waals surface area contributed by atoms with Crippen LogP contribution in [0.25, 0.3) is 0 Å². The van der Waals surface area contributed by atoms with Crippen LogP contribution in [0.4, 0.5) is 0 Å². The van der Waals surface area contributed by atoms with Gasteiger partial charge in [-0.15, -0.1) is 0 Å². The van der Waals surface area contributed by atoms with Crippen LogP contribution < -0.4 is 10.6 Å². The molecule has 0 spiro atoms. The predicted octanol–water partition coefficient (Wildman–Crippen LogP) is 2.11. The summed E-state index contributed by atoms with van der Waals surface area (Å²) in [6.07, 6.45) is 2.48. The van der Waals surface area contributed by atoms with Crippen LogP contribution in [0.1, 0.15) is 60.7 Å². The zero-order valence-electron chi connectivity index (χ0n) is 14.1. The Morgan fingerprint density at radius 1 is 1.04 bits per heavy atom. The molecule has 0 bridgehead atoms. The summed E-state index contributed by atoms with van der Waals surface area (Å²) in [7, 11) is 0. The summed E-state index contributed by atoms with van der Waals surface area (Å²) in [5.41, 5.74) is 0.309. The van der Waals surface area contributed by atoms with E-state index in [1.54, 1.807) is 24.3 Å². The van der Waals surface area contributed by atoms with Crippen molar-refractivity contribution in [3.8, 4) is 0 Å². The second-order valence-corrected chi connectivity index (χ2v) is 7.58. The lowest BCUT2D eigenvalue weighted by Crippen LogP contribution is -2.47.